The van der Waals surface area contributed by atoms with Gasteiger partial charge in [0.05, 0.1) is 18.7 Å². The van der Waals surface area contributed by atoms with Gasteiger partial charge in [-0.2, -0.15) is 4.98 Å². The zero-order valence-corrected chi connectivity index (χ0v) is 14.7. The number of rotatable bonds is 5. The van der Waals surface area contributed by atoms with Crippen LogP contribution in [0.1, 0.15) is 18.7 Å². The maximum Gasteiger partial charge on any atom is 0.246 e. The van der Waals surface area contributed by atoms with Crippen LogP contribution in [0.15, 0.2) is 34.9 Å². The van der Waals surface area contributed by atoms with Crippen LogP contribution in [0.2, 0.25) is 0 Å². The second kappa shape index (κ2) is 7.32. The van der Waals surface area contributed by atoms with Crippen molar-refractivity contribution < 1.29 is 17.7 Å². The molecule has 0 radical (unpaired) electrons. The molecule has 2 heterocycles. The van der Waals surface area contributed by atoms with Crippen molar-refractivity contribution >= 4 is 15.9 Å². The van der Waals surface area contributed by atoms with E-state index in [9.17, 15) is 13.2 Å². The molecule has 1 aliphatic rings. The number of sulfonamides is 1. The third-order valence-electron chi connectivity index (χ3n) is 4.14. The van der Waals surface area contributed by atoms with Gasteiger partial charge in [0, 0.05) is 18.7 Å². The Balaban J connectivity index is 1.57. The van der Waals surface area contributed by atoms with Crippen LogP contribution < -0.4 is 5.32 Å². The zero-order valence-electron chi connectivity index (χ0n) is 13.9. The van der Waals surface area contributed by atoms with E-state index < -0.39 is 10.0 Å². The average Bonchev–Trinajstić information content (AvgIpc) is 3.09. The molecule has 1 aromatic carbocycles. The van der Waals surface area contributed by atoms with Crippen LogP contribution in [0, 0.1) is 5.92 Å². The van der Waals surface area contributed by atoms with Crippen LogP contribution in [-0.4, -0.2) is 48.1 Å². The largest absolute Gasteiger partial charge is 0.347 e. The first-order chi connectivity index (χ1) is 11.9. The third-order valence-corrected chi connectivity index (χ3v) is 5.41. The summed E-state index contributed by atoms with van der Waals surface area (Å²) in [5.74, 6) is 0.210. The van der Waals surface area contributed by atoms with E-state index in [4.69, 9.17) is 4.52 Å². The predicted molar refractivity (Wildman–Crippen MR) is 90.7 cm³/mol. The molecule has 1 amide bonds. The Labute approximate surface area is 146 Å². The van der Waals surface area contributed by atoms with Crippen molar-refractivity contribution in [2.75, 3.05) is 19.3 Å². The molecule has 0 unspecified atom stereocenters. The van der Waals surface area contributed by atoms with E-state index >= 15 is 0 Å². The predicted octanol–water partition coefficient (Wildman–Crippen LogP) is 1.02. The molecule has 0 saturated carbocycles. The minimum Gasteiger partial charge on any atom is -0.347 e. The number of benzene rings is 1. The summed E-state index contributed by atoms with van der Waals surface area (Å²) in [4.78, 5) is 16.6. The molecule has 134 valence electrons. The van der Waals surface area contributed by atoms with Crippen molar-refractivity contribution in [3.8, 4) is 11.4 Å². The highest BCUT2D eigenvalue weighted by Crippen LogP contribution is 2.19. The van der Waals surface area contributed by atoms with Crippen molar-refractivity contribution in [2.24, 2.45) is 5.92 Å². The van der Waals surface area contributed by atoms with Crippen molar-refractivity contribution in [1.29, 1.82) is 0 Å². The van der Waals surface area contributed by atoms with Crippen LogP contribution in [0.3, 0.4) is 0 Å². The Morgan fingerprint density at radius 3 is 2.84 bits per heavy atom. The topological polar surface area (TPSA) is 105 Å². The summed E-state index contributed by atoms with van der Waals surface area (Å²) in [6.07, 6.45) is 2.50. The van der Waals surface area contributed by atoms with Crippen molar-refractivity contribution in [1.82, 2.24) is 19.8 Å². The number of amides is 1. The molecule has 0 aliphatic carbocycles. The molecule has 1 fully saturated rings. The Morgan fingerprint density at radius 1 is 1.36 bits per heavy atom. The van der Waals surface area contributed by atoms with E-state index in [1.54, 1.807) is 0 Å². The lowest BCUT2D eigenvalue weighted by molar-refractivity contribution is -0.126. The van der Waals surface area contributed by atoms with Gasteiger partial charge in [-0.3, -0.25) is 4.79 Å². The van der Waals surface area contributed by atoms with Gasteiger partial charge in [0.25, 0.3) is 0 Å². The number of hydrogen-bond acceptors (Lipinski definition) is 6. The lowest BCUT2D eigenvalue weighted by atomic mass is 9.99. The molecular formula is C16H20N4O4S. The molecule has 1 N–H and O–H groups in total. The van der Waals surface area contributed by atoms with Gasteiger partial charge in [-0.1, -0.05) is 35.5 Å². The van der Waals surface area contributed by atoms with E-state index in [0.717, 1.165) is 11.8 Å². The quantitative estimate of drug-likeness (QED) is 0.849. The van der Waals surface area contributed by atoms with Gasteiger partial charge in [0.1, 0.15) is 0 Å². The molecule has 2 aromatic rings. The number of hydrogen-bond donors (Lipinski definition) is 1. The standard InChI is InChI=1S/C16H20N4O4S/c1-25(22,23)20-9-5-8-13(11-20)16(21)17-10-14-18-15(19-24-14)12-6-3-2-4-7-12/h2-4,6-7,13H,5,8-11H2,1H3,(H,17,21)/t13-/m0/s1. The molecule has 1 aromatic heterocycles. The van der Waals surface area contributed by atoms with Crippen molar-refractivity contribution in [3.05, 3.63) is 36.2 Å². The number of carbonyl (C=O) groups is 1. The van der Waals surface area contributed by atoms with Crippen molar-refractivity contribution in [2.45, 2.75) is 19.4 Å². The van der Waals surface area contributed by atoms with E-state index in [0.29, 0.717) is 31.1 Å². The number of carbonyl (C=O) groups excluding carboxylic acids is 1. The van der Waals surface area contributed by atoms with E-state index in [-0.39, 0.29) is 24.9 Å². The summed E-state index contributed by atoms with van der Waals surface area (Å²) >= 11 is 0. The fourth-order valence-electron chi connectivity index (χ4n) is 2.80. The molecule has 25 heavy (non-hydrogen) atoms. The first kappa shape index (κ1) is 17.6. The van der Waals surface area contributed by atoms with E-state index in [1.165, 1.54) is 4.31 Å². The SMILES string of the molecule is CS(=O)(=O)N1CCC[C@H](C(=O)NCc2nc(-c3ccccc3)no2)C1. The normalized spacial score (nSPS) is 18.8. The highest BCUT2D eigenvalue weighted by Gasteiger charge is 2.30. The Kier molecular flexibility index (Phi) is 5.14. The van der Waals surface area contributed by atoms with Gasteiger partial charge in [0.15, 0.2) is 0 Å². The maximum atomic E-state index is 12.3. The van der Waals surface area contributed by atoms with Gasteiger partial charge in [0.2, 0.25) is 27.6 Å². The third kappa shape index (κ3) is 4.43. The van der Waals surface area contributed by atoms with Crippen LogP contribution in [0.4, 0.5) is 0 Å². The number of nitrogens with zero attached hydrogens (tertiary/aromatic N) is 3. The highest BCUT2D eigenvalue weighted by molar-refractivity contribution is 7.88. The van der Waals surface area contributed by atoms with E-state index in [1.807, 2.05) is 30.3 Å². The van der Waals surface area contributed by atoms with Gasteiger partial charge < -0.3 is 9.84 Å². The molecule has 3 rings (SSSR count). The molecule has 0 bridgehead atoms. The van der Waals surface area contributed by atoms with Gasteiger partial charge in [-0.25, -0.2) is 12.7 Å². The zero-order chi connectivity index (χ0) is 17.9. The van der Waals surface area contributed by atoms with Crippen molar-refractivity contribution in [3.63, 3.8) is 0 Å². The smallest absolute Gasteiger partial charge is 0.246 e. The Bertz CT molecular complexity index is 835. The Hall–Kier alpha value is -2.26. The van der Waals surface area contributed by atoms with Crippen LogP contribution in [-0.2, 0) is 21.4 Å². The molecule has 1 atom stereocenters. The molecule has 1 saturated heterocycles. The van der Waals surface area contributed by atoms with E-state index in [2.05, 4.69) is 15.5 Å². The fourth-order valence-corrected chi connectivity index (χ4v) is 3.71. The Morgan fingerprint density at radius 2 is 2.12 bits per heavy atom. The molecular weight excluding hydrogens is 344 g/mol. The minimum atomic E-state index is -3.27. The summed E-state index contributed by atoms with van der Waals surface area (Å²) in [5, 5.41) is 6.65. The summed E-state index contributed by atoms with van der Waals surface area (Å²) in [7, 11) is -3.27. The van der Waals surface area contributed by atoms with Crippen LogP contribution in [0.25, 0.3) is 11.4 Å². The second-order valence-electron chi connectivity index (χ2n) is 6.06. The first-order valence-corrected chi connectivity index (χ1v) is 9.89. The highest BCUT2D eigenvalue weighted by atomic mass is 32.2. The summed E-state index contributed by atoms with van der Waals surface area (Å²) in [5.41, 5.74) is 0.833. The summed E-state index contributed by atoms with van der Waals surface area (Å²) in [6, 6.07) is 9.40. The molecule has 8 nitrogen and oxygen atoms in total. The number of nitrogens with one attached hydrogen (secondary N) is 1. The second-order valence-corrected chi connectivity index (χ2v) is 8.04. The number of piperidine rings is 1. The maximum absolute atomic E-state index is 12.3. The summed E-state index contributed by atoms with van der Waals surface area (Å²) < 4.78 is 29.8. The average molecular weight is 364 g/mol. The molecule has 9 heteroatoms. The lowest BCUT2D eigenvalue weighted by Crippen LogP contribution is -2.44. The first-order valence-electron chi connectivity index (χ1n) is 8.04. The monoisotopic (exact) mass is 364 g/mol. The van der Waals surface area contributed by atoms with Crippen LogP contribution in [0.5, 0.6) is 0 Å². The molecule has 0 spiro atoms. The van der Waals surface area contributed by atoms with Gasteiger partial charge >= 0.3 is 0 Å². The van der Waals surface area contributed by atoms with Crippen LogP contribution >= 0.6 is 0 Å². The van der Waals surface area contributed by atoms with Gasteiger partial charge in [-0.15, -0.1) is 0 Å². The lowest BCUT2D eigenvalue weighted by Gasteiger charge is -2.29. The summed E-state index contributed by atoms with van der Waals surface area (Å²) in [6.45, 7) is 0.796. The van der Waals surface area contributed by atoms with Gasteiger partial charge in [-0.05, 0) is 12.8 Å². The fraction of sp³-hybridized carbons (Fsp3) is 0.438. The number of aromatic nitrogens is 2. The minimum absolute atomic E-state index is 0.119. The molecule has 1 aliphatic heterocycles.